The van der Waals surface area contributed by atoms with Crippen LogP contribution in [0.1, 0.15) is 44.8 Å². The Balaban J connectivity index is 2.18. The van der Waals surface area contributed by atoms with Gasteiger partial charge in [0.15, 0.2) is 11.5 Å². The van der Waals surface area contributed by atoms with Gasteiger partial charge in [0.05, 0.1) is 12.2 Å². The third-order valence-corrected chi connectivity index (χ3v) is 5.27. The second kappa shape index (κ2) is 11.0. The largest absolute Gasteiger partial charge is 0.493 e. The first-order valence-electron chi connectivity index (χ1n) is 10.7. The van der Waals surface area contributed by atoms with Crippen molar-refractivity contribution in [3.8, 4) is 11.9 Å². The van der Waals surface area contributed by atoms with E-state index in [0.29, 0.717) is 0 Å². The lowest BCUT2D eigenvalue weighted by atomic mass is 10.0. The molecule has 1 atom stereocenters. The minimum absolute atomic E-state index is 0.0616. The molecule has 0 bridgehead atoms. The van der Waals surface area contributed by atoms with Gasteiger partial charge in [-0.05, 0) is 26.0 Å². The van der Waals surface area contributed by atoms with Crippen LogP contribution in [0.15, 0.2) is 69.6 Å². The fourth-order valence-corrected chi connectivity index (χ4v) is 3.49. The van der Waals surface area contributed by atoms with Gasteiger partial charge in [-0.1, -0.05) is 42.5 Å². The van der Waals surface area contributed by atoms with Crippen LogP contribution in [0.2, 0.25) is 0 Å². The van der Waals surface area contributed by atoms with E-state index in [1.54, 1.807) is 49.4 Å². The minimum Gasteiger partial charge on any atom is -0.493 e. The molecule has 1 heterocycles. The Morgan fingerprint density at radius 1 is 1.14 bits per heavy atom. The van der Waals surface area contributed by atoms with E-state index in [0.717, 1.165) is 4.57 Å². The lowest BCUT2D eigenvalue weighted by Gasteiger charge is -2.20. The molecular formula is C25H23N5O5. The number of hydrogen-bond acceptors (Lipinski definition) is 9. The molecule has 35 heavy (non-hydrogen) atoms. The van der Waals surface area contributed by atoms with Gasteiger partial charge in [-0.25, -0.2) is 4.79 Å². The van der Waals surface area contributed by atoms with Gasteiger partial charge in [-0.2, -0.15) is 5.26 Å². The molecule has 0 aliphatic heterocycles. The van der Waals surface area contributed by atoms with Gasteiger partial charge >= 0.3 is 5.97 Å². The van der Waals surface area contributed by atoms with E-state index < -0.39 is 29.2 Å². The average molecular weight is 473 g/mol. The highest BCUT2D eigenvalue weighted by Gasteiger charge is 2.29. The van der Waals surface area contributed by atoms with Crippen LogP contribution in [0.3, 0.4) is 0 Å². The van der Waals surface area contributed by atoms with Gasteiger partial charge in [0, 0.05) is 17.7 Å². The maximum absolute atomic E-state index is 13.4. The number of nitrogens with two attached hydrogens (primary N) is 1. The molecule has 2 aromatic carbocycles. The highest BCUT2D eigenvalue weighted by atomic mass is 16.5. The quantitative estimate of drug-likeness (QED) is 0.286. The van der Waals surface area contributed by atoms with E-state index in [-0.39, 0.29) is 46.8 Å². The van der Waals surface area contributed by atoms with Crippen LogP contribution in [0.25, 0.3) is 0 Å². The molecule has 1 unspecified atom stereocenters. The van der Waals surface area contributed by atoms with Crippen LogP contribution in [-0.4, -0.2) is 34.6 Å². The molecular weight excluding hydrogens is 450 g/mol. The Bertz CT molecular complexity index is 1390. The minimum atomic E-state index is -1.29. The van der Waals surface area contributed by atoms with Gasteiger partial charge in [0.1, 0.15) is 23.4 Å². The smallest absolute Gasteiger partial charge is 0.340 e. The number of aromatic nitrogens is 1. The number of carbonyl (C=O) groups is 2. The molecule has 0 saturated carbocycles. The topological polar surface area (TPSA) is 160 Å². The summed E-state index contributed by atoms with van der Waals surface area (Å²) in [5.74, 6) is -1.83. The Morgan fingerprint density at radius 3 is 2.43 bits per heavy atom. The van der Waals surface area contributed by atoms with Gasteiger partial charge < -0.3 is 15.6 Å². The molecule has 10 nitrogen and oxygen atoms in total. The van der Waals surface area contributed by atoms with Crippen LogP contribution in [-0.2, 0) is 4.74 Å². The predicted molar refractivity (Wildman–Crippen MR) is 127 cm³/mol. The number of esters is 1. The molecule has 0 saturated heterocycles. The van der Waals surface area contributed by atoms with Crippen molar-refractivity contribution < 1.29 is 19.4 Å². The van der Waals surface area contributed by atoms with Crippen molar-refractivity contribution in [2.75, 3.05) is 13.2 Å². The van der Waals surface area contributed by atoms with Crippen molar-refractivity contribution in [1.82, 2.24) is 4.57 Å². The summed E-state index contributed by atoms with van der Waals surface area (Å²) in [6.07, 6.45) is 0. The van der Waals surface area contributed by atoms with Crippen LogP contribution in [0, 0.1) is 18.3 Å². The molecule has 178 valence electrons. The summed E-state index contributed by atoms with van der Waals surface area (Å²) in [6, 6.07) is 14.9. The van der Waals surface area contributed by atoms with Gasteiger partial charge in [0.2, 0.25) is 5.88 Å². The highest BCUT2D eigenvalue weighted by molar-refractivity contribution is 5.99. The lowest BCUT2D eigenvalue weighted by molar-refractivity contribution is 0.0527. The molecule has 0 spiro atoms. The van der Waals surface area contributed by atoms with Crippen molar-refractivity contribution >= 4 is 23.1 Å². The van der Waals surface area contributed by atoms with E-state index in [2.05, 4.69) is 10.2 Å². The molecule has 0 aliphatic carbocycles. The second-order valence-electron chi connectivity index (χ2n) is 7.38. The molecule has 0 radical (unpaired) electrons. The lowest BCUT2D eigenvalue weighted by Crippen LogP contribution is -2.35. The predicted octanol–water partition coefficient (Wildman–Crippen LogP) is 3.71. The van der Waals surface area contributed by atoms with E-state index in [4.69, 9.17) is 10.5 Å². The number of nitriles is 1. The van der Waals surface area contributed by atoms with Gasteiger partial charge in [0.25, 0.3) is 5.56 Å². The van der Waals surface area contributed by atoms with Crippen LogP contribution < -0.4 is 11.3 Å². The maximum Gasteiger partial charge on any atom is 0.340 e. The first kappa shape index (κ1) is 25.0. The number of azo groups is 1. The standard InChI is InChI=1S/C25H23N5O5/c1-3-35-25(34)17-11-7-8-12-19(17)28-29-21-15(2)18(13-26)23(32)30(24(21)33)20(14-27)22(31)16-9-5-4-6-10-16/h4-12,20,32H,3,14,27H2,1-2H3. The third-order valence-electron chi connectivity index (χ3n) is 5.27. The fraction of sp³-hybridized carbons (Fsp3) is 0.200. The summed E-state index contributed by atoms with van der Waals surface area (Å²) in [5, 5.41) is 28.4. The molecule has 1 aromatic heterocycles. The highest BCUT2D eigenvalue weighted by Crippen LogP contribution is 2.30. The second-order valence-corrected chi connectivity index (χ2v) is 7.38. The van der Waals surface area contributed by atoms with Crippen molar-refractivity contribution in [3.63, 3.8) is 0 Å². The van der Waals surface area contributed by atoms with Crippen LogP contribution in [0.5, 0.6) is 5.88 Å². The normalized spacial score (nSPS) is 11.7. The van der Waals surface area contributed by atoms with Crippen molar-refractivity contribution in [1.29, 1.82) is 5.26 Å². The Hall–Kier alpha value is -4.62. The van der Waals surface area contributed by atoms with Gasteiger partial charge in [-0.3, -0.25) is 14.2 Å². The zero-order valence-corrected chi connectivity index (χ0v) is 19.1. The monoisotopic (exact) mass is 473 g/mol. The van der Waals surface area contributed by atoms with E-state index >= 15 is 0 Å². The zero-order valence-electron chi connectivity index (χ0n) is 19.1. The number of nitrogens with zero attached hydrogens (tertiary/aromatic N) is 4. The van der Waals surface area contributed by atoms with Gasteiger partial charge in [-0.15, -0.1) is 10.2 Å². The summed E-state index contributed by atoms with van der Waals surface area (Å²) in [7, 11) is 0. The number of hydrogen-bond donors (Lipinski definition) is 2. The number of ketones is 1. The zero-order chi connectivity index (χ0) is 25.5. The summed E-state index contributed by atoms with van der Waals surface area (Å²) >= 11 is 0. The third kappa shape index (κ3) is 5.00. The molecule has 3 aromatic rings. The molecule has 0 aliphatic rings. The van der Waals surface area contributed by atoms with E-state index in [1.165, 1.54) is 19.1 Å². The molecule has 3 rings (SSSR count). The summed E-state index contributed by atoms with van der Waals surface area (Å²) in [5.41, 5.74) is 5.04. The van der Waals surface area contributed by atoms with Crippen molar-refractivity contribution in [2.24, 2.45) is 16.0 Å². The van der Waals surface area contributed by atoms with E-state index in [9.17, 15) is 24.8 Å². The Labute approximate surface area is 200 Å². The molecule has 0 amide bonds. The average Bonchev–Trinajstić information content (AvgIpc) is 2.87. The summed E-state index contributed by atoms with van der Waals surface area (Å²) in [6.45, 7) is 2.93. The maximum atomic E-state index is 13.4. The molecule has 3 N–H and O–H groups in total. The number of rotatable bonds is 8. The number of aromatic hydroxyl groups is 1. The first-order valence-corrected chi connectivity index (χ1v) is 10.7. The summed E-state index contributed by atoms with van der Waals surface area (Å²) in [4.78, 5) is 38.7. The SMILES string of the molecule is CCOC(=O)c1ccccc1N=Nc1c(C)c(C#N)c(O)n(C(CN)C(=O)c2ccccc2)c1=O. The molecule has 10 heteroatoms. The number of benzene rings is 2. The van der Waals surface area contributed by atoms with Crippen LogP contribution in [0.4, 0.5) is 11.4 Å². The number of carbonyl (C=O) groups excluding carboxylic acids is 2. The van der Waals surface area contributed by atoms with E-state index in [1.807, 2.05) is 6.07 Å². The van der Waals surface area contributed by atoms with Crippen molar-refractivity contribution in [3.05, 3.63) is 87.2 Å². The van der Waals surface area contributed by atoms with Crippen molar-refractivity contribution in [2.45, 2.75) is 19.9 Å². The number of pyridine rings is 1. The fourth-order valence-electron chi connectivity index (χ4n) is 3.49. The summed E-state index contributed by atoms with van der Waals surface area (Å²) < 4.78 is 5.78. The number of Topliss-reactive ketones (excluding diaryl/α,β-unsaturated/α-hetero) is 1. The Kier molecular flexibility index (Phi) is 7.86. The first-order chi connectivity index (χ1) is 16.8. The molecule has 0 fully saturated rings. The van der Waals surface area contributed by atoms with Crippen LogP contribution >= 0.6 is 0 Å². The Morgan fingerprint density at radius 2 is 1.80 bits per heavy atom. The number of ether oxygens (including phenoxy) is 1.